The van der Waals surface area contributed by atoms with Gasteiger partial charge in [-0.05, 0) is 160 Å². The standard InChI is InChI=1S/C85H55B2F4N5S/c88-58-49-67(56-29-9-1-10-30-56)82(68(50-58)57-31-11-2-12-32-57)96-76-52-65(92(59-33-13-3-14-34-59)60-35-15-4-16-36-60)51-75-80(76)86(69-45-25-27-47-73(69)94(75)63-41-21-7-22-42-63)71-55-72-84(79(83(71)96)85(89,90)91)97-78-54-66(93(61-37-17-5-18-38-61)62-39-19-6-20-40-62)53-77-81(78)87(72)70-46-26-28-48-74(70)95(77)64-43-23-8-24-44-64/h1-55H. The molecule has 0 spiro atoms. The average molecular weight is 1280 g/mol. The van der Waals surface area contributed by atoms with Crippen LogP contribution < -0.4 is 57.3 Å². The molecule has 97 heavy (non-hydrogen) atoms. The third-order valence-corrected chi connectivity index (χ3v) is 20.4. The largest absolute Gasteiger partial charge is 0.419 e. The first kappa shape index (κ1) is 57.9. The van der Waals surface area contributed by atoms with Crippen molar-refractivity contribution in [1.29, 1.82) is 0 Å². The van der Waals surface area contributed by atoms with Crippen molar-refractivity contribution in [1.82, 2.24) is 0 Å². The highest BCUT2D eigenvalue weighted by Crippen LogP contribution is 2.57. The molecule has 0 saturated heterocycles. The monoisotopic (exact) mass is 1280 g/mol. The molecule has 0 unspecified atom stereocenters. The second-order valence-corrected chi connectivity index (χ2v) is 25.8. The van der Waals surface area contributed by atoms with Crippen LogP contribution in [0, 0.1) is 5.82 Å². The van der Waals surface area contributed by atoms with Gasteiger partial charge in [0.1, 0.15) is 5.82 Å². The second-order valence-electron chi connectivity index (χ2n) is 24.7. The van der Waals surface area contributed by atoms with Crippen molar-refractivity contribution in [3.63, 3.8) is 0 Å². The Balaban J connectivity index is 1.02. The lowest BCUT2D eigenvalue weighted by atomic mass is 9.30. The molecule has 18 rings (SSSR count). The number of hydrogen-bond acceptors (Lipinski definition) is 6. The van der Waals surface area contributed by atoms with E-state index < -0.39 is 31.0 Å². The molecule has 460 valence electrons. The number of anilines is 15. The molecule has 4 heterocycles. The van der Waals surface area contributed by atoms with Gasteiger partial charge in [0.25, 0.3) is 6.71 Å². The SMILES string of the molecule is Fc1cc(-c2ccccc2)c(N2c3cc(N(c4ccccc4)c4ccccc4)cc4c3B(c3ccccc3N4c3ccccc3)c3cc4c(c(C(F)(F)F)c32)Sc2cc(N(c3ccccc3)c3ccccc3)cc3c2B4c2ccccc2N3c2ccccc2)c(-c2ccccc2)c1. The molecule has 4 aliphatic rings. The smallest absolute Gasteiger partial charge is 0.311 e. The number of alkyl halides is 3. The van der Waals surface area contributed by atoms with Gasteiger partial charge >= 0.3 is 6.18 Å². The summed E-state index contributed by atoms with van der Waals surface area (Å²) in [5.41, 5.74) is 16.7. The van der Waals surface area contributed by atoms with Crippen molar-refractivity contribution >= 4 is 143 Å². The number of hydrogen-bond donors (Lipinski definition) is 0. The van der Waals surface area contributed by atoms with E-state index in [0.717, 1.165) is 84.4 Å². The van der Waals surface area contributed by atoms with Crippen LogP contribution in [0.2, 0.25) is 0 Å². The van der Waals surface area contributed by atoms with Gasteiger partial charge in [0.05, 0.1) is 22.6 Å². The summed E-state index contributed by atoms with van der Waals surface area (Å²) < 4.78 is 73.4. The van der Waals surface area contributed by atoms with Gasteiger partial charge in [-0.1, -0.05) is 230 Å². The highest BCUT2D eigenvalue weighted by molar-refractivity contribution is 8.00. The highest BCUT2D eigenvalue weighted by Gasteiger charge is 2.53. The van der Waals surface area contributed by atoms with Crippen LogP contribution in [0.25, 0.3) is 22.3 Å². The fourth-order valence-corrected chi connectivity index (χ4v) is 16.8. The van der Waals surface area contributed by atoms with Crippen LogP contribution in [-0.4, -0.2) is 13.4 Å². The van der Waals surface area contributed by atoms with E-state index in [0.29, 0.717) is 55.1 Å². The molecule has 12 heteroatoms. The summed E-state index contributed by atoms with van der Waals surface area (Å²) in [4.78, 5) is 11.6. The number of halogens is 4. The average Bonchev–Trinajstić information content (AvgIpc) is 0.678. The molecule has 0 atom stereocenters. The van der Waals surface area contributed by atoms with Crippen molar-refractivity contribution < 1.29 is 17.6 Å². The summed E-state index contributed by atoms with van der Waals surface area (Å²) in [5, 5.41) is 0. The Morgan fingerprint density at radius 2 is 0.670 bits per heavy atom. The molecule has 0 N–H and O–H groups in total. The Morgan fingerprint density at radius 1 is 0.309 bits per heavy atom. The summed E-state index contributed by atoms with van der Waals surface area (Å²) in [6, 6.07) is 110. The Labute approximate surface area is 565 Å². The number of para-hydroxylation sites is 8. The molecule has 14 aromatic carbocycles. The minimum Gasteiger partial charge on any atom is -0.311 e. The van der Waals surface area contributed by atoms with E-state index in [1.807, 2.05) is 199 Å². The number of fused-ring (bicyclic) bond motifs is 8. The lowest BCUT2D eigenvalue weighted by Crippen LogP contribution is -2.65. The minimum atomic E-state index is -5.02. The molecule has 0 fully saturated rings. The molecular formula is C85H55B2F4N5S. The van der Waals surface area contributed by atoms with E-state index in [9.17, 15) is 0 Å². The molecular weight excluding hydrogens is 1220 g/mol. The van der Waals surface area contributed by atoms with E-state index in [1.165, 1.54) is 23.9 Å². The number of nitrogens with zero attached hydrogens (tertiary/aromatic N) is 5. The maximum atomic E-state index is 18.7. The van der Waals surface area contributed by atoms with Gasteiger partial charge in [0, 0.05) is 89.2 Å². The molecule has 4 aliphatic heterocycles. The Bertz CT molecular complexity index is 5210. The Morgan fingerprint density at radius 3 is 1.10 bits per heavy atom. The van der Waals surface area contributed by atoms with Gasteiger partial charge in [-0.25, -0.2) is 4.39 Å². The quantitative estimate of drug-likeness (QED) is 0.0941. The van der Waals surface area contributed by atoms with Crippen LogP contribution in [0.5, 0.6) is 0 Å². The van der Waals surface area contributed by atoms with Crippen molar-refractivity contribution in [2.75, 3.05) is 24.5 Å². The summed E-state index contributed by atoms with van der Waals surface area (Å²) in [7, 11) is 0. The predicted octanol–water partition coefficient (Wildman–Crippen LogP) is 20.0. The summed E-state index contributed by atoms with van der Waals surface area (Å²) >= 11 is 1.19. The molecule has 14 aromatic rings. The molecule has 0 aromatic heterocycles. The predicted molar refractivity (Wildman–Crippen MR) is 396 cm³/mol. The van der Waals surface area contributed by atoms with Crippen molar-refractivity contribution in [2.45, 2.75) is 16.0 Å². The van der Waals surface area contributed by atoms with Gasteiger partial charge in [-0.3, -0.25) is 0 Å². The van der Waals surface area contributed by atoms with Gasteiger partial charge in [0.15, 0.2) is 0 Å². The third kappa shape index (κ3) is 9.56. The van der Waals surface area contributed by atoms with E-state index in [1.54, 1.807) is 0 Å². The third-order valence-electron chi connectivity index (χ3n) is 19.2. The molecule has 0 aliphatic carbocycles. The topological polar surface area (TPSA) is 16.2 Å². The van der Waals surface area contributed by atoms with Crippen LogP contribution in [0.1, 0.15) is 5.56 Å². The zero-order valence-corrected chi connectivity index (χ0v) is 52.9. The van der Waals surface area contributed by atoms with E-state index in [4.69, 9.17) is 0 Å². The Hall–Kier alpha value is -11.7. The van der Waals surface area contributed by atoms with Crippen LogP contribution in [0.4, 0.5) is 103 Å². The minimum absolute atomic E-state index is 0.0284. The van der Waals surface area contributed by atoms with Gasteiger partial charge in [0.2, 0.25) is 6.71 Å². The zero-order valence-electron chi connectivity index (χ0n) is 52.1. The molecule has 0 bridgehead atoms. The van der Waals surface area contributed by atoms with Gasteiger partial charge < -0.3 is 24.5 Å². The first-order chi connectivity index (χ1) is 47.7. The number of benzene rings is 14. The first-order valence-electron chi connectivity index (χ1n) is 32.5. The maximum absolute atomic E-state index is 18.7. The second kappa shape index (κ2) is 23.3. The molecule has 0 radical (unpaired) electrons. The number of rotatable bonds is 11. The first-order valence-corrected chi connectivity index (χ1v) is 33.3. The van der Waals surface area contributed by atoms with E-state index in [-0.39, 0.29) is 10.6 Å². The summed E-state index contributed by atoms with van der Waals surface area (Å²) in [6.45, 7) is -1.47. The van der Waals surface area contributed by atoms with Crippen LogP contribution >= 0.6 is 11.8 Å². The highest BCUT2D eigenvalue weighted by atomic mass is 32.2. The van der Waals surface area contributed by atoms with Gasteiger partial charge in [-0.2, -0.15) is 13.2 Å². The van der Waals surface area contributed by atoms with E-state index >= 15 is 17.6 Å². The van der Waals surface area contributed by atoms with Crippen molar-refractivity contribution in [2.24, 2.45) is 0 Å². The van der Waals surface area contributed by atoms with Crippen LogP contribution in [-0.2, 0) is 6.18 Å². The fraction of sp³-hybridized carbons (Fsp3) is 0.0118. The Kier molecular flexibility index (Phi) is 13.9. The summed E-state index contributed by atoms with van der Waals surface area (Å²) in [6.07, 6.45) is -5.02. The van der Waals surface area contributed by atoms with Crippen LogP contribution in [0.3, 0.4) is 0 Å². The van der Waals surface area contributed by atoms with Crippen LogP contribution in [0.15, 0.2) is 343 Å². The fourth-order valence-electron chi connectivity index (χ4n) is 15.4. The summed E-state index contributed by atoms with van der Waals surface area (Å²) in [5.74, 6) is -0.531. The van der Waals surface area contributed by atoms with E-state index in [2.05, 4.69) is 147 Å². The van der Waals surface area contributed by atoms with Crippen molar-refractivity contribution in [3.8, 4) is 22.3 Å². The van der Waals surface area contributed by atoms with Crippen molar-refractivity contribution in [3.05, 3.63) is 345 Å². The lowest BCUT2D eigenvalue weighted by molar-refractivity contribution is -0.139. The lowest BCUT2D eigenvalue weighted by Gasteiger charge is -2.47. The molecule has 5 nitrogen and oxygen atoms in total. The molecule has 0 saturated carbocycles. The maximum Gasteiger partial charge on any atom is 0.419 e. The zero-order chi connectivity index (χ0) is 64.9. The normalized spacial score (nSPS) is 13.0. The molecule has 0 amide bonds. The van der Waals surface area contributed by atoms with Gasteiger partial charge in [-0.15, -0.1) is 0 Å².